The maximum atomic E-state index is 13.0. The average molecular weight is 597 g/mol. The van der Waals surface area contributed by atoms with E-state index < -0.39 is 17.8 Å². The van der Waals surface area contributed by atoms with Crippen molar-refractivity contribution in [2.75, 3.05) is 6.61 Å². The molecule has 0 aliphatic carbocycles. The topological polar surface area (TPSA) is 122 Å². The fourth-order valence-corrected chi connectivity index (χ4v) is 4.32. The molecule has 4 amide bonds. The van der Waals surface area contributed by atoms with Crippen LogP contribution in [0, 0.1) is 14.9 Å². The highest BCUT2D eigenvalue weighted by Gasteiger charge is 2.36. The molecule has 182 valence electrons. The number of halogens is 1. The van der Waals surface area contributed by atoms with Crippen LogP contribution in [0.2, 0.25) is 0 Å². The first kappa shape index (κ1) is 25.0. The van der Waals surface area contributed by atoms with Crippen LogP contribution in [-0.2, 0) is 22.7 Å². The summed E-state index contributed by atoms with van der Waals surface area (Å²) in [7, 11) is 0. The Kier molecular flexibility index (Phi) is 7.70. The highest BCUT2D eigenvalue weighted by molar-refractivity contribution is 14.1. The van der Waals surface area contributed by atoms with Gasteiger partial charge >= 0.3 is 6.03 Å². The number of carbonyl (C=O) groups excluding carboxylic acids is 3. The number of nitrogens with zero attached hydrogens (tertiary/aromatic N) is 2. The van der Waals surface area contributed by atoms with Crippen LogP contribution in [-0.4, -0.2) is 29.4 Å². The van der Waals surface area contributed by atoms with E-state index in [0.29, 0.717) is 38.6 Å². The number of furan rings is 1. The molecule has 1 fully saturated rings. The second-order valence-corrected chi connectivity index (χ2v) is 8.77. The standard InChI is InChI=1S/C26H20IN3O6/c1-2-34-22-12-16(11-21(27)23(22)36-15-18-7-4-3-6-17(18)13-28)10-20-24(31)29-26(33)30(25(20)32)14-19-8-5-9-35-19/h3-12H,2,14-15H2,1H3,(H,29,31,33)/b20-10+. The lowest BCUT2D eigenvalue weighted by atomic mass is 10.1. The van der Waals surface area contributed by atoms with Gasteiger partial charge in [-0.2, -0.15) is 5.26 Å². The van der Waals surface area contributed by atoms with Gasteiger partial charge in [-0.1, -0.05) is 18.2 Å². The third kappa shape index (κ3) is 5.41. The van der Waals surface area contributed by atoms with Gasteiger partial charge in [-0.3, -0.25) is 19.8 Å². The van der Waals surface area contributed by atoms with E-state index in [1.54, 1.807) is 36.4 Å². The second-order valence-electron chi connectivity index (χ2n) is 7.61. The molecule has 0 bridgehead atoms. The van der Waals surface area contributed by atoms with Crippen molar-refractivity contribution in [2.45, 2.75) is 20.1 Å². The van der Waals surface area contributed by atoms with Crippen molar-refractivity contribution >= 4 is 46.5 Å². The van der Waals surface area contributed by atoms with Crippen LogP contribution in [0.5, 0.6) is 11.5 Å². The Morgan fingerprint density at radius 3 is 2.67 bits per heavy atom. The Labute approximate surface area is 220 Å². The van der Waals surface area contributed by atoms with Crippen LogP contribution in [0.25, 0.3) is 6.08 Å². The van der Waals surface area contributed by atoms with Crippen LogP contribution >= 0.6 is 22.6 Å². The van der Waals surface area contributed by atoms with Crippen LogP contribution in [0.15, 0.2) is 64.8 Å². The summed E-state index contributed by atoms with van der Waals surface area (Å²) in [6.07, 6.45) is 2.84. The van der Waals surface area contributed by atoms with Crippen LogP contribution in [0.3, 0.4) is 0 Å². The van der Waals surface area contributed by atoms with Gasteiger partial charge in [-0.05, 0) is 71.5 Å². The lowest BCUT2D eigenvalue weighted by molar-refractivity contribution is -0.130. The van der Waals surface area contributed by atoms with Gasteiger partial charge in [0.05, 0.1) is 34.6 Å². The van der Waals surface area contributed by atoms with E-state index in [1.165, 1.54) is 12.3 Å². The van der Waals surface area contributed by atoms with Crippen LogP contribution in [0.1, 0.15) is 29.4 Å². The quantitative estimate of drug-likeness (QED) is 0.232. The molecular weight excluding hydrogens is 577 g/mol. The van der Waals surface area contributed by atoms with E-state index in [1.807, 2.05) is 19.1 Å². The fourth-order valence-electron chi connectivity index (χ4n) is 3.54. The minimum absolute atomic E-state index is 0.110. The van der Waals surface area contributed by atoms with Gasteiger partial charge in [-0.15, -0.1) is 0 Å². The largest absolute Gasteiger partial charge is 0.490 e. The molecule has 36 heavy (non-hydrogen) atoms. The molecular formula is C26H20IN3O6. The number of rotatable bonds is 8. The Bertz CT molecular complexity index is 1390. The Balaban J connectivity index is 1.63. The van der Waals surface area contributed by atoms with Gasteiger partial charge in [0, 0.05) is 5.56 Å². The van der Waals surface area contributed by atoms with Crippen molar-refractivity contribution in [2.24, 2.45) is 0 Å². The molecule has 2 aromatic carbocycles. The molecule has 0 saturated carbocycles. The van der Waals surface area contributed by atoms with Crippen molar-refractivity contribution in [3.63, 3.8) is 0 Å². The van der Waals surface area contributed by atoms with E-state index in [2.05, 4.69) is 34.0 Å². The maximum absolute atomic E-state index is 13.0. The van der Waals surface area contributed by atoms with Gasteiger partial charge in [0.1, 0.15) is 17.9 Å². The van der Waals surface area contributed by atoms with E-state index in [0.717, 1.165) is 10.5 Å². The molecule has 0 radical (unpaired) electrons. The molecule has 0 atom stereocenters. The first-order valence-electron chi connectivity index (χ1n) is 10.9. The van der Waals surface area contributed by atoms with E-state index in [4.69, 9.17) is 13.9 Å². The number of amides is 4. The van der Waals surface area contributed by atoms with E-state index in [-0.39, 0.29) is 18.7 Å². The highest BCUT2D eigenvalue weighted by Crippen LogP contribution is 2.36. The summed E-state index contributed by atoms with van der Waals surface area (Å²) in [5.74, 6) is -0.234. The lowest BCUT2D eigenvalue weighted by Crippen LogP contribution is -2.53. The molecule has 10 heteroatoms. The Hall–Kier alpha value is -4.11. The van der Waals surface area contributed by atoms with Crippen LogP contribution < -0.4 is 14.8 Å². The number of imide groups is 2. The number of urea groups is 1. The normalized spacial score (nSPS) is 14.5. The molecule has 1 N–H and O–H groups in total. The first-order valence-corrected chi connectivity index (χ1v) is 12.0. The number of benzene rings is 2. The number of nitrogens with one attached hydrogen (secondary N) is 1. The van der Waals surface area contributed by atoms with Gasteiger partial charge in [0.15, 0.2) is 11.5 Å². The van der Waals surface area contributed by atoms with Crippen molar-refractivity contribution in [3.05, 3.63) is 86.4 Å². The first-order chi connectivity index (χ1) is 17.4. The lowest BCUT2D eigenvalue weighted by Gasteiger charge is -2.25. The van der Waals surface area contributed by atoms with Crippen molar-refractivity contribution in [3.8, 4) is 17.6 Å². The highest BCUT2D eigenvalue weighted by atomic mass is 127. The molecule has 9 nitrogen and oxygen atoms in total. The maximum Gasteiger partial charge on any atom is 0.331 e. The number of barbiturate groups is 1. The van der Waals surface area contributed by atoms with Crippen molar-refractivity contribution in [1.82, 2.24) is 10.2 Å². The summed E-state index contributed by atoms with van der Waals surface area (Å²) in [6.45, 7) is 2.22. The van der Waals surface area contributed by atoms with E-state index >= 15 is 0 Å². The zero-order chi connectivity index (χ0) is 25.7. The van der Waals surface area contributed by atoms with Gasteiger partial charge < -0.3 is 13.9 Å². The van der Waals surface area contributed by atoms with Crippen molar-refractivity contribution < 1.29 is 28.3 Å². The molecule has 4 rings (SSSR count). The number of ether oxygens (including phenoxy) is 2. The van der Waals surface area contributed by atoms with Gasteiger partial charge in [-0.25, -0.2) is 4.79 Å². The molecule has 0 spiro atoms. The smallest absolute Gasteiger partial charge is 0.331 e. The Morgan fingerprint density at radius 2 is 1.94 bits per heavy atom. The summed E-state index contributed by atoms with van der Waals surface area (Å²) in [5, 5.41) is 11.5. The fraction of sp³-hybridized carbons (Fsp3) is 0.154. The number of carbonyl (C=O) groups is 3. The number of hydrogen-bond donors (Lipinski definition) is 1. The Morgan fingerprint density at radius 1 is 1.14 bits per heavy atom. The minimum atomic E-state index is -0.815. The zero-order valence-corrected chi connectivity index (χ0v) is 21.3. The summed E-state index contributed by atoms with van der Waals surface area (Å²) in [6, 6.07) is 15.1. The van der Waals surface area contributed by atoms with Gasteiger partial charge in [0.25, 0.3) is 11.8 Å². The summed E-state index contributed by atoms with van der Waals surface area (Å²) in [4.78, 5) is 38.7. The average Bonchev–Trinajstić information content (AvgIpc) is 3.38. The molecule has 1 aromatic heterocycles. The zero-order valence-electron chi connectivity index (χ0n) is 19.1. The predicted octanol–water partition coefficient (Wildman–Crippen LogP) is 4.40. The molecule has 0 unspecified atom stereocenters. The van der Waals surface area contributed by atoms with E-state index in [9.17, 15) is 19.6 Å². The SMILES string of the molecule is CCOc1cc(/C=C2\C(=O)NC(=O)N(Cc3ccco3)C2=O)cc(I)c1OCc1ccccc1C#N. The number of nitriles is 1. The van der Waals surface area contributed by atoms with Crippen molar-refractivity contribution in [1.29, 1.82) is 5.26 Å². The van der Waals surface area contributed by atoms with Gasteiger partial charge in [0.2, 0.25) is 0 Å². The number of hydrogen-bond acceptors (Lipinski definition) is 7. The monoisotopic (exact) mass is 597 g/mol. The molecule has 2 heterocycles. The summed E-state index contributed by atoms with van der Waals surface area (Å²) < 4.78 is 17.7. The minimum Gasteiger partial charge on any atom is -0.490 e. The van der Waals surface area contributed by atoms with Crippen LogP contribution in [0.4, 0.5) is 4.79 Å². The molecule has 1 aliphatic rings. The second kappa shape index (κ2) is 11.1. The summed E-state index contributed by atoms with van der Waals surface area (Å²) in [5.41, 5.74) is 1.56. The predicted molar refractivity (Wildman–Crippen MR) is 137 cm³/mol. The third-order valence-corrected chi connectivity index (χ3v) is 6.03. The molecule has 1 saturated heterocycles. The summed E-state index contributed by atoms with van der Waals surface area (Å²) >= 11 is 2.08. The molecule has 3 aromatic rings. The molecule has 1 aliphatic heterocycles. The third-order valence-electron chi connectivity index (χ3n) is 5.23.